The van der Waals surface area contributed by atoms with E-state index in [0.717, 1.165) is 6.07 Å². The van der Waals surface area contributed by atoms with Crippen LogP contribution in [0, 0.1) is 5.82 Å². The van der Waals surface area contributed by atoms with Crippen LogP contribution < -0.4 is 10.1 Å². The molecule has 0 aromatic heterocycles. The van der Waals surface area contributed by atoms with Crippen molar-refractivity contribution in [1.82, 2.24) is 5.32 Å². The van der Waals surface area contributed by atoms with E-state index >= 15 is 0 Å². The van der Waals surface area contributed by atoms with E-state index in [2.05, 4.69) is 11.6 Å². The van der Waals surface area contributed by atoms with E-state index in [1.807, 2.05) is 0 Å². The molecule has 1 rings (SSSR count). The lowest BCUT2D eigenvalue weighted by atomic mass is 10.1. The fourth-order valence-corrected chi connectivity index (χ4v) is 1.98. The molecule has 1 unspecified atom stereocenters. The Balaban J connectivity index is 3.16. The van der Waals surface area contributed by atoms with E-state index in [4.69, 9.17) is 4.74 Å². The molecule has 1 atom stereocenters. The molecule has 5 nitrogen and oxygen atoms in total. The zero-order chi connectivity index (χ0) is 16.0. The third kappa shape index (κ3) is 5.16. The normalized spacial score (nSPS) is 12.2. The molecule has 7 heteroatoms. The van der Waals surface area contributed by atoms with Crippen LogP contribution in [-0.4, -0.2) is 35.5 Å². The summed E-state index contributed by atoms with van der Waals surface area (Å²) in [5.74, 6) is -2.13. The van der Waals surface area contributed by atoms with Crippen molar-refractivity contribution in [3.63, 3.8) is 0 Å². The molecular weight excluding hydrogens is 296 g/mol. The molecular formula is C14H17FNO4P. The van der Waals surface area contributed by atoms with Gasteiger partial charge in [0.15, 0.2) is 6.04 Å². The number of carboxylic acids is 1. The smallest absolute Gasteiger partial charge is 0.331 e. The van der Waals surface area contributed by atoms with Crippen LogP contribution in [-0.2, 0) is 9.59 Å². The second-order valence-electron chi connectivity index (χ2n) is 4.57. The lowest BCUT2D eigenvalue weighted by Crippen LogP contribution is -2.35. The summed E-state index contributed by atoms with van der Waals surface area (Å²) in [5, 5.41) is 11.6. The summed E-state index contributed by atoms with van der Waals surface area (Å²) in [6, 6.07) is 2.21. The molecule has 0 spiro atoms. The van der Waals surface area contributed by atoms with Gasteiger partial charge < -0.3 is 15.2 Å². The molecule has 2 N–H and O–H groups in total. The van der Waals surface area contributed by atoms with Gasteiger partial charge in [-0.15, -0.1) is 8.20 Å². The topological polar surface area (TPSA) is 75.6 Å². The molecule has 0 bridgehead atoms. The zero-order valence-corrected chi connectivity index (χ0v) is 12.7. The van der Waals surface area contributed by atoms with Gasteiger partial charge in [-0.1, -0.05) is 6.30 Å². The Hall–Kier alpha value is -1.94. The Bertz CT molecular complexity index is 548. The second kappa shape index (κ2) is 7.74. The van der Waals surface area contributed by atoms with Crippen molar-refractivity contribution in [2.24, 2.45) is 0 Å². The molecule has 0 aliphatic carbocycles. The quantitative estimate of drug-likeness (QED) is 0.757. The summed E-state index contributed by atoms with van der Waals surface area (Å²) >= 11 is 0. The predicted octanol–water partition coefficient (Wildman–Crippen LogP) is 2.23. The van der Waals surface area contributed by atoms with Gasteiger partial charge in [0, 0.05) is 5.56 Å². The second-order valence-corrected chi connectivity index (χ2v) is 5.33. The Morgan fingerprint density at radius 2 is 2.14 bits per heavy atom. The van der Waals surface area contributed by atoms with Gasteiger partial charge in [-0.05, 0) is 32.0 Å². The van der Waals surface area contributed by atoms with Gasteiger partial charge in [0.2, 0.25) is 5.91 Å². The standard InChI is InChI=1S/C14H17FNO4P/c1-8(2)20-11-5-4-9(15)6-10(11)13(14(18)19)16-12(17)7-21-3/h4-6,8,13H,3,7H2,1-2H3,(H,16,17)(H,18,19). The van der Waals surface area contributed by atoms with Crippen molar-refractivity contribution in [1.29, 1.82) is 0 Å². The summed E-state index contributed by atoms with van der Waals surface area (Å²) < 4.78 is 18.9. The summed E-state index contributed by atoms with van der Waals surface area (Å²) in [6.07, 6.45) is 3.36. The maximum atomic E-state index is 13.4. The molecule has 0 heterocycles. The van der Waals surface area contributed by atoms with Gasteiger partial charge in [0.05, 0.1) is 12.3 Å². The van der Waals surface area contributed by atoms with Crippen LogP contribution in [0.1, 0.15) is 25.5 Å². The number of ether oxygens (including phenoxy) is 1. The first-order valence-corrected chi connectivity index (χ1v) is 7.52. The first-order chi connectivity index (χ1) is 9.85. The third-order valence-electron chi connectivity index (χ3n) is 2.45. The van der Waals surface area contributed by atoms with E-state index in [0.29, 0.717) is 8.20 Å². The minimum absolute atomic E-state index is 0.0689. The Morgan fingerprint density at radius 1 is 1.48 bits per heavy atom. The van der Waals surface area contributed by atoms with Gasteiger partial charge in [-0.2, -0.15) is 0 Å². The van der Waals surface area contributed by atoms with Crippen molar-refractivity contribution >= 4 is 26.4 Å². The Labute approximate surface area is 123 Å². The van der Waals surface area contributed by atoms with E-state index in [-0.39, 0.29) is 23.6 Å². The molecule has 0 radical (unpaired) electrons. The monoisotopic (exact) mass is 313 g/mol. The summed E-state index contributed by atoms with van der Waals surface area (Å²) in [4.78, 5) is 23.0. The Morgan fingerprint density at radius 3 is 2.67 bits per heavy atom. The highest BCUT2D eigenvalue weighted by Crippen LogP contribution is 2.27. The molecule has 0 fully saturated rings. The SMILES string of the molecule is C=PCC(=O)NC(C(=O)O)c1cc(F)ccc1OC(C)C. The van der Waals surface area contributed by atoms with Crippen molar-refractivity contribution in [3.8, 4) is 5.75 Å². The number of aliphatic carboxylic acids is 1. The highest BCUT2D eigenvalue weighted by atomic mass is 31.1. The van der Waals surface area contributed by atoms with Gasteiger partial charge in [0.25, 0.3) is 0 Å². The maximum Gasteiger partial charge on any atom is 0.331 e. The average molecular weight is 313 g/mol. The largest absolute Gasteiger partial charge is 0.491 e. The van der Waals surface area contributed by atoms with Gasteiger partial charge in [0.1, 0.15) is 11.6 Å². The lowest BCUT2D eigenvalue weighted by Gasteiger charge is -2.20. The summed E-state index contributed by atoms with van der Waals surface area (Å²) in [6.45, 7) is 3.53. The maximum absolute atomic E-state index is 13.4. The minimum atomic E-state index is -1.37. The zero-order valence-electron chi connectivity index (χ0n) is 11.8. The molecule has 0 saturated heterocycles. The fourth-order valence-electron chi connectivity index (χ4n) is 1.69. The molecule has 1 aromatic carbocycles. The summed E-state index contributed by atoms with van der Waals surface area (Å²) in [7, 11) is 0.568. The molecule has 0 aliphatic rings. The number of amides is 1. The highest BCUT2D eigenvalue weighted by molar-refractivity contribution is 7.37. The third-order valence-corrected chi connectivity index (χ3v) is 2.96. The number of carbonyl (C=O) groups excluding carboxylic acids is 1. The molecule has 1 aromatic rings. The number of carboxylic acid groups (broad SMARTS) is 1. The number of halogens is 1. The van der Waals surface area contributed by atoms with Crippen LogP contribution in [0.15, 0.2) is 18.2 Å². The fraction of sp³-hybridized carbons (Fsp3) is 0.357. The molecule has 0 aliphatic heterocycles. The van der Waals surface area contributed by atoms with Gasteiger partial charge in [-0.3, -0.25) is 4.79 Å². The lowest BCUT2D eigenvalue weighted by molar-refractivity contribution is -0.141. The first kappa shape index (κ1) is 17.1. The molecule has 21 heavy (non-hydrogen) atoms. The number of rotatable bonds is 7. The molecule has 1 amide bonds. The number of benzene rings is 1. The van der Waals surface area contributed by atoms with Crippen LogP contribution >= 0.6 is 8.20 Å². The van der Waals surface area contributed by atoms with Crippen LogP contribution in [0.4, 0.5) is 4.39 Å². The Kier molecular flexibility index (Phi) is 6.31. The molecule has 114 valence electrons. The highest BCUT2D eigenvalue weighted by Gasteiger charge is 2.26. The van der Waals surface area contributed by atoms with Gasteiger partial charge in [-0.25, -0.2) is 9.18 Å². The van der Waals surface area contributed by atoms with Crippen molar-refractivity contribution in [3.05, 3.63) is 29.6 Å². The van der Waals surface area contributed by atoms with Crippen molar-refractivity contribution < 1.29 is 23.8 Å². The number of hydrogen-bond acceptors (Lipinski definition) is 3. The van der Waals surface area contributed by atoms with Crippen molar-refractivity contribution in [2.75, 3.05) is 6.16 Å². The van der Waals surface area contributed by atoms with Crippen molar-refractivity contribution in [2.45, 2.75) is 26.0 Å². The minimum Gasteiger partial charge on any atom is -0.491 e. The predicted molar refractivity (Wildman–Crippen MR) is 79.6 cm³/mol. The van der Waals surface area contributed by atoms with Crippen LogP contribution in [0.25, 0.3) is 0 Å². The van der Waals surface area contributed by atoms with Crippen LogP contribution in [0.5, 0.6) is 5.75 Å². The van der Waals surface area contributed by atoms with E-state index < -0.39 is 23.7 Å². The van der Waals surface area contributed by atoms with Gasteiger partial charge >= 0.3 is 5.97 Å². The van der Waals surface area contributed by atoms with E-state index in [1.54, 1.807) is 13.8 Å². The molecule has 0 saturated carbocycles. The summed E-state index contributed by atoms with van der Waals surface area (Å²) in [5.41, 5.74) is 0.0743. The van der Waals surface area contributed by atoms with Crippen LogP contribution in [0.2, 0.25) is 0 Å². The van der Waals surface area contributed by atoms with E-state index in [9.17, 15) is 19.1 Å². The number of carbonyl (C=O) groups is 2. The number of nitrogens with one attached hydrogen (secondary N) is 1. The first-order valence-electron chi connectivity index (χ1n) is 6.26. The van der Waals surface area contributed by atoms with E-state index in [1.165, 1.54) is 12.1 Å². The van der Waals surface area contributed by atoms with Crippen LogP contribution in [0.3, 0.4) is 0 Å². The number of hydrogen-bond donors (Lipinski definition) is 2. The average Bonchev–Trinajstić information content (AvgIpc) is 2.38.